The molecule has 2 heteroatoms. The minimum Gasteiger partial charge on any atom is -0.488 e. The highest BCUT2D eigenvalue weighted by Gasteiger charge is 1.99. The molecular formula is C17H14OS. The van der Waals surface area contributed by atoms with Gasteiger partial charge in [-0.3, -0.25) is 0 Å². The molecule has 0 unspecified atom stereocenters. The van der Waals surface area contributed by atoms with E-state index in [1.165, 1.54) is 16.0 Å². The van der Waals surface area contributed by atoms with Crippen LogP contribution in [-0.2, 0) is 6.61 Å². The maximum atomic E-state index is 5.75. The Hall–Kier alpha value is -2.06. The Morgan fingerprint density at radius 1 is 0.737 bits per heavy atom. The molecule has 0 radical (unpaired) electrons. The van der Waals surface area contributed by atoms with Gasteiger partial charge in [-0.1, -0.05) is 48.5 Å². The van der Waals surface area contributed by atoms with Crippen LogP contribution in [0.15, 0.2) is 72.1 Å². The fraction of sp³-hybridized carbons (Fsp3) is 0.0588. The molecule has 19 heavy (non-hydrogen) atoms. The molecule has 0 saturated carbocycles. The Morgan fingerprint density at radius 2 is 1.47 bits per heavy atom. The SMILES string of the molecule is c1ccc(-c2ccc(OCc3cccs3)cc2)cc1. The summed E-state index contributed by atoms with van der Waals surface area (Å²) >= 11 is 1.72. The second-order valence-corrected chi connectivity index (χ2v) is 5.29. The first kappa shape index (κ1) is 12.0. The van der Waals surface area contributed by atoms with E-state index >= 15 is 0 Å². The van der Waals surface area contributed by atoms with E-state index in [9.17, 15) is 0 Å². The van der Waals surface area contributed by atoms with E-state index in [1.54, 1.807) is 11.3 Å². The molecule has 0 amide bonds. The summed E-state index contributed by atoms with van der Waals surface area (Å²) in [5, 5.41) is 2.07. The van der Waals surface area contributed by atoms with Crippen LogP contribution in [0.3, 0.4) is 0 Å². The molecule has 0 saturated heterocycles. The van der Waals surface area contributed by atoms with Crippen molar-refractivity contribution in [1.29, 1.82) is 0 Å². The number of hydrogen-bond acceptors (Lipinski definition) is 2. The zero-order valence-corrected chi connectivity index (χ0v) is 11.3. The van der Waals surface area contributed by atoms with Gasteiger partial charge in [0.15, 0.2) is 0 Å². The molecule has 0 fully saturated rings. The van der Waals surface area contributed by atoms with Crippen LogP contribution in [0.4, 0.5) is 0 Å². The van der Waals surface area contributed by atoms with Gasteiger partial charge in [0, 0.05) is 4.88 Å². The zero-order valence-electron chi connectivity index (χ0n) is 10.5. The van der Waals surface area contributed by atoms with Crippen molar-refractivity contribution >= 4 is 11.3 Å². The van der Waals surface area contributed by atoms with Gasteiger partial charge in [-0.25, -0.2) is 0 Å². The highest BCUT2D eigenvalue weighted by molar-refractivity contribution is 7.09. The number of benzene rings is 2. The van der Waals surface area contributed by atoms with Gasteiger partial charge in [0.05, 0.1) is 0 Å². The van der Waals surface area contributed by atoms with E-state index < -0.39 is 0 Å². The summed E-state index contributed by atoms with van der Waals surface area (Å²) in [5.74, 6) is 0.910. The van der Waals surface area contributed by atoms with Crippen molar-refractivity contribution in [3.8, 4) is 16.9 Å². The van der Waals surface area contributed by atoms with Crippen molar-refractivity contribution < 1.29 is 4.74 Å². The van der Waals surface area contributed by atoms with E-state index in [0.717, 1.165) is 5.75 Å². The largest absolute Gasteiger partial charge is 0.488 e. The summed E-state index contributed by atoms with van der Waals surface area (Å²) in [6, 6.07) is 22.7. The quantitative estimate of drug-likeness (QED) is 0.646. The molecule has 1 aromatic heterocycles. The highest BCUT2D eigenvalue weighted by atomic mass is 32.1. The van der Waals surface area contributed by atoms with E-state index in [-0.39, 0.29) is 0 Å². The topological polar surface area (TPSA) is 9.23 Å². The summed E-state index contributed by atoms with van der Waals surface area (Å²) in [5.41, 5.74) is 2.44. The van der Waals surface area contributed by atoms with Crippen molar-refractivity contribution in [2.45, 2.75) is 6.61 Å². The number of ether oxygens (including phenoxy) is 1. The molecule has 2 aromatic carbocycles. The first-order valence-corrected chi connectivity index (χ1v) is 7.10. The smallest absolute Gasteiger partial charge is 0.122 e. The van der Waals surface area contributed by atoms with E-state index in [4.69, 9.17) is 4.74 Å². The second-order valence-electron chi connectivity index (χ2n) is 4.26. The zero-order chi connectivity index (χ0) is 12.9. The number of hydrogen-bond donors (Lipinski definition) is 0. The van der Waals surface area contributed by atoms with E-state index in [1.807, 2.05) is 24.3 Å². The lowest BCUT2D eigenvalue weighted by Gasteiger charge is -2.06. The molecule has 0 spiro atoms. The molecule has 0 bridgehead atoms. The highest BCUT2D eigenvalue weighted by Crippen LogP contribution is 2.22. The average Bonchev–Trinajstić information content (AvgIpc) is 3.00. The molecule has 0 aliphatic rings. The maximum Gasteiger partial charge on any atom is 0.122 e. The molecule has 3 aromatic rings. The molecule has 1 heterocycles. The van der Waals surface area contributed by atoms with Crippen LogP contribution in [0.25, 0.3) is 11.1 Å². The number of thiophene rings is 1. The second kappa shape index (κ2) is 5.72. The lowest BCUT2D eigenvalue weighted by Crippen LogP contribution is -1.92. The molecule has 0 atom stereocenters. The first-order valence-electron chi connectivity index (χ1n) is 6.22. The van der Waals surface area contributed by atoms with Crippen LogP contribution in [0.5, 0.6) is 5.75 Å². The van der Waals surface area contributed by atoms with Gasteiger partial charge in [-0.2, -0.15) is 0 Å². The van der Waals surface area contributed by atoms with Crippen LogP contribution in [0, 0.1) is 0 Å². The van der Waals surface area contributed by atoms with Crippen LogP contribution in [0.2, 0.25) is 0 Å². The van der Waals surface area contributed by atoms with E-state index in [0.29, 0.717) is 6.61 Å². The predicted molar refractivity (Wildman–Crippen MR) is 80.5 cm³/mol. The Morgan fingerprint density at radius 3 is 2.16 bits per heavy atom. The molecule has 0 aliphatic heterocycles. The van der Waals surface area contributed by atoms with Crippen molar-refractivity contribution in [2.75, 3.05) is 0 Å². The fourth-order valence-corrected chi connectivity index (χ4v) is 2.54. The monoisotopic (exact) mass is 266 g/mol. The van der Waals surface area contributed by atoms with Crippen molar-refractivity contribution in [2.24, 2.45) is 0 Å². The standard InChI is InChI=1S/C17H14OS/c1-2-5-14(6-3-1)15-8-10-16(11-9-15)18-13-17-7-4-12-19-17/h1-12H,13H2. The third-order valence-corrected chi connectivity index (χ3v) is 3.77. The Kier molecular flexibility index (Phi) is 3.61. The molecule has 1 nitrogen and oxygen atoms in total. The minimum absolute atomic E-state index is 0.641. The summed E-state index contributed by atoms with van der Waals surface area (Å²) < 4.78 is 5.75. The third-order valence-electron chi connectivity index (χ3n) is 2.92. The maximum absolute atomic E-state index is 5.75. The van der Waals surface area contributed by atoms with Crippen LogP contribution in [-0.4, -0.2) is 0 Å². The molecule has 0 aliphatic carbocycles. The lowest BCUT2D eigenvalue weighted by molar-refractivity contribution is 0.310. The van der Waals surface area contributed by atoms with Gasteiger partial charge in [0.1, 0.15) is 12.4 Å². The summed E-state index contributed by atoms with van der Waals surface area (Å²) in [4.78, 5) is 1.24. The molecule has 3 rings (SSSR count). The summed E-state index contributed by atoms with van der Waals surface area (Å²) in [7, 11) is 0. The van der Waals surface area contributed by atoms with Crippen molar-refractivity contribution in [3.05, 3.63) is 77.0 Å². The average molecular weight is 266 g/mol. The Labute approximate surface area is 117 Å². The normalized spacial score (nSPS) is 10.3. The summed E-state index contributed by atoms with van der Waals surface area (Å²) in [6.07, 6.45) is 0. The number of rotatable bonds is 4. The van der Waals surface area contributed by atoms with Crippen LogP contribution >= 0.6 is 11.3 Å². The van der Waals surface area contributed by atoms with E-state index in [2.05, 4.69) is 47.8 Å². The van der Waals surface area contributed by atoms with Crippen molar-refractivity contribution in [1.82, 2.24) is 0 Å². The Bertz CT molecular complexity index is 612. The van der Waals surface area contributed by atoms with Crippen LogP contribution in [0.1, 0.15) is 4.88 Å². The minimum atomic E-state index is 0.641. The summed E-state index contributed by atoms with van der Waals surface area (Å²) in [6.45, 7) is 0.641. The van der Waals surface area contributed by atoms with Gasteiger partial charge >= 0.3 is 0 Å². The molecule has 94 valence electrons. The first-order chi connectivity index (χ1) is 9.42. The van der Waals surface area contributed by atoms with Crippen LogP contribution < -0.4 is 4.74 Å². The van der Waals surface area contributed by atoms with Gasteiger partial charge < -0.3 is 4.74 Å². The molecule has 0 N–H and O–H groups in total. The third kappa shape index (κ3) is 3.04. The van der Waals surface area contributed by atoms with Gasteiger partial charge in [-0.05, 0) is 34.7 Å². The Balaban J connectivity index is 1.69. The molecular weight excluding hydrogens is 252 g/mol. The van der Waals surface area contributed by atoms with Gasteiger partial charge in [-0.15, -0.1) is 11.3 Å². The fourth-order valence-electron chi connectivity index (χ4n) is 1.92. The van der Waals surface area contributed by atoms with Gasteiger partial charge in [0.2, 0.25) is 0 Å². The lowest BCUT2D eigenvalue weighted by atomic mass is 10.1. The van der Waals surface area contributed by atoms with Gasteiger partial charge in [0.25, 0.3) is 0 Å². The van der Waals surface area contributed by atoms with Crippen molar-refractivity contribution in [3.63, 3.8) is 0 Å². The predicted octanol–water partition coefficient (Wildman–Crippen LogP) is 4.99.